The van der Waals surface area contributed by atoms with Gasteiger partial charge in [-0.15, -0.1) is 0 Å². The first-order valence-corrected chi connectivity index (χ1v) is 6.79. The number of fused-ring (bicyclic) bond motifs is 1. The summed E-state index contributed by atoms with van der Waals surface area (Å²) >= 11 is 0. The van der Waals surface area contributed by atoms with Gasteiger partial charge in [0.25, 0.3) is 0 Å². The van der Waals surface area contributed by atoms with Crippen molar-refractivity contribution in [2.75, 3.05) is 0 Å². The van der Waals surface area contributed by atoms with E-state index in [0.29, 0.717) is 6.61 Å². The van der Waals surface area contributed by atoms with Crippen LogP contribution in [0.1, 0.15) is 23.4 Å². The van der Waals surface area contributed by atoms with Gasteiger partial charge in [-0.05, 0) is 18.4 Å². The molecule has 0 fully saturated rings. The lowest BCUT2D eigenvalue weighted by Crippen LogP contribution is -2.39. The highest BCUT2D eigenvalue weighted by Gasteiger charge is 2.22. The lowest BCUT2D eigenvalue weighted by atomic mass is 9.96. The number of H-pyrrole nitrogens is 1. The summed E-state index contributed by atoms with van der Waals surface area (Å²) in [5.41, 5.74) is 3.22. The molecule has 0 aliphatic heterocycles. The molecule has 1 aliphatic carbocycles. The minimum atomic E-state index is -0.359. The zero-order valence-corrected chi connectivity index (χ0v) is 11.1. The number of hydrogen-bond donors (Lipinski definition) is 2. The second-order valence-electron chi connectivity index (χ2n) is 4.97. The largest absolute Gasteiger partial charge is 0.445 e. The Bertz CT molecular complexity index is 580. The summed E-state index contributed by atoms with van der Waals surface area (Å²) in [7, 11) is 0. The van der Waals surface area contributed by atoms with Gasteiger partial charge in [0.15, 0.2) is 0 Å². The zero-order valence-electron chi connectivity index (χ0n) is 11.1. The minimum Gasteiger partial charge on any atom is -0.445 e. The van der Waals surface area contributed by atoms with Crippen LogP contribution < -0.4 is 5.32 Å². The van der Waals surface area contributed by atoms with Gasteiger partial charge in [0.2, 0.25) is 0 Å². The molecule has 0 radical (unpaired) electrons. The van der Waals surface area contributed by atoms with Gasteiger partial charge >= 0.3 is 6.09 Å². The van der Waals surface area contributed by atoms with E-state index in [-0.39, 0.29) is 12.1 Å². The van der Waals surface area contributed by atoms with Crippen molar-refractivity contribution in [1.82, 2.24) is 15.3 Å². The molecule has 5 heteroatoms. The van der Waals surface area contributed by atoms with Gasteiger partial charge in [-0.3, -0.25) is 0 Å². The van der Waals surface area contributed by atoms with Crippen molar-refractivity contribution in [2.45, 2.75) is 31.9 Å². The molecule has 1 aliphatic rings. The molecule has 20 heavy (non-hydrogen) atoms. The number of rotatable bonds is 3. The number of alkyl carbamates (subject to hydrolysis) is 1. The average molecular weight is 271 g/mol. The van der Waals surface area contributed by atoms with Gasteiger partial charge in [-0.2, -0.15) is 0 Å². The highest BCUT2D eigenvalue weighted by atomic mass is 16.5. The van der Waals surface area contributed by atoms with E-state index in [9.17, 15) is 4.79 Å². The summed E-state index contributed by atoms with van der Waals surface area (Å²) in [6.45, 7) is 0.300. The van der Waals surface area contributed by atoms with Gasteiger partial charge in [0.1, 0.15) is 6.61 Å². The number of carbonyl (C=O) groups excluding carboxylic acids is 1. The molecule has 2 aromatic rings. The maximum absolute atomic E-state index is 11.8. The fraction of sp³-hybridized carbons (Fsp3) is 0.333. The standard InChI is InChI=1S/C15H17N3O2/c19-15(20-9-11-4-2-1-3-5-11)18-12-6-7-13-14(8-12)17-10-16-13/h1-5,10,12H,6-9H2,(H,16,17)(H,18,19). The van der Waals surface area contributed by atoms with Gasteiger partial charge in [-0.25, -0.2) is 9.78 Å². The summed E-state index contributed by atoms with van der Waals surface area (Å²) in [4.78, 5) is 19.1. The van der Waals surface area contributed by atoms with Gasteiger partial charge in [-0.1, -0.05) is 30.3 Å². The smallest absolute Gasteiger partial charge is 0.407 e. The lowest BCUT2D eigenvalue weighted by molar-refractivity contribution is 0.134. The summed E-state index contributed by atoms with van der Waals surface area (Å²) in [5, 5.41) is 2.91. The molecular weight excluding hydrogens is 254 g/mol. The number of imidazole rings is 1. The first kappa shape index (κ1) is 12.7. The summed E-state index contributed by atoms with van der Waals surface area (Å²) in [6, 6.07) is 9.78. The fourth-order valence-electron chi connectivity index (χ4n) is 2.46. The van der Waals surface area contributed by atoms with Crippen LogP contribution in [0, 0.1) is 0 Å². The first-order valence-electron chi connectivity index (χ1n) is 6.79. The topological polar surface area (TPSA) is 67.0 Å². The number of aromatic nitrogens is 2. The molecule has 0 bridgehead atoms. The van der Waals surface area contributed by atoms with E-state index in [4.69, 9.17) is 4.74 Å². The van der Waals surface area contributed by atoms with Gasteiger partial charge < -0.3 is 15.0 Å². The summed E-state index contributed by atoms with van der Waals surface area (Å²) in [5.74, 6) is 0. The van der Waals surface area contributed by atoms with E-state index in [1.807, 2.05) is 30.3 Å². The first-order chi connectivity index (χ1) is 9.81. The van der Waals surface area contributed by atoms with Crippen LogP contribution in [0.3, 0.4) is 0 Å². The normalized spacial score (nSPS) is 17.3. The van der Waals surface area contributed by atoms with Crippen LogP contribution in [0.15, 0.2) is 36.7 Å². The van der Waals surface area contributed by atoms with E-state index in [0.717, 1.165) is 36.2 Å². The van der Waals surface area contributed by atoms with Crippen molar-refractivity contribution in [3.05, 3.63) is 53.6 Å². The lowest BCUT2D eigenvalue weighted by Gasteiger charge is -2.22. The summed E-state index contributed by atoms with van der Waals surface area (Å²) in [6.07, 6.45) is 3.93. The number of hydrogen-bond acceptors (Lipinski definition) is 3. The van der Waals surface area contributed by atoms with Crippen molar-refractivity contribution >= 4 is 6.09 Å². The molecule has 2 N–H and O–H groups in total. The maximum Gasteiger partial charge on any atom is 0.407 e. The molecule has 104 valence electrons. The number of nitrogens with zero attached hydrogens (tertiary/aromatic N) is 1. The second kappa shape index (κ2) is 5.77. The number of nitrogens with one attached hydrogen (secondary N) is 2. The van der Waals surface area contributed by atoms with E-state index in [1.54, 1.807) is 6.33 Å². The molecule has 1 atom stereocenters. The Morgan fingerprint density at radius 1 is 1.40 bits per heavy atom. The SMILES string of the molecule is O=C(NC1CCc2nc[nH]c2C1)OCc1ccccc1. The quantitative estimate of drug-likeness (QED) is 0.899. The van der Waals surface area contributed by atoms with Crippen LogP contribution in [-0.2, 0) is 24.2 Å². The predicted octanol–water partition coefficient (Wildman–Crippen LogP) is 2.19. The average Bonchev–Trinajstić information content (AvgIpc) is 2.94. The number of benzene rings is 1. The molecule has 5 nitrogen and oxygen atoms in total. The molecule has 1 heterocycles. The fourth-order valence-corrected chi connectivity index (χ4v) is 2.46. The Labute approximate surface area is 117 Å². The highest BCUT2D eigenvalue weighted by molar-refractivity contribution is 5.67. The second-order valence-corrected chi connectivity index (χ2v) is 4.97. The molecule has 0 saturated heterocycles. The molecule has 1 aromatic heterocycles. The Hall–Kier alpha value is -2.30. The highest BCUT2D eigenvalue weighted by Crippen LogP contribution is 2.17. The Kier molecular flexibility index (Phi) is 3.67. The third-order valence-corrected chi connectivity index (χ3v) is 3.52. The van der Waals surface area contributed by atoms with Gasteiger partial charge in [0.05, 0.1) is 12.0 Å². The Balaban J connectivity index is 1.48. The third-order valence-electron chi connectivity index (χ3n) is 3.52. The molecule has 1 unspecified atom stereocenters. The van der Waals surface area contributed by atoms with Crippen molar-refractivity contribution < 1.29 is 9.53 Å². The number of aromatic amines is 1. The van der Waals surface area contributed by atoms with Crippen LogP contribution in [-0.4, -0.2) is 22.1 Å². The molecule has 1 amide bonds. The number of carbonyl (C=O) groups is 1. The van der Waals surface area contributed by atoms with Crippen LogP contribution in [0.5, 0.6) is 0 Å². The van der Waals surface area contributed by atoms with E-state index in [2.05, 4.69) is 15.3 Å². The molecule has 1 aromatic carbocycles. The molecular formula is C15H17N3O2. The summed E-state index contributed by atoms with van der Waals surface area (Å²) < 4.78 is 5.22. The van der Waals surface area contributed by atoms with E-state index in [1.165, 1.54) is 0 Å². The molecule has 3 rings (SSSR count). The van der Waals surface area contributed by atoms with Crippen LogP contribution >= 0.6 is 0 Å². The number of aryl methyl sites for hydroxylation is 1. The van der Waals surface area contributed by atoms with Crippen molar-refractivity contribution in [1.29, 1.82) is 0 Å². The number of amides is 1. The molecule has 0 spiro atoms. The maximum atomic E-state index is 11.8. The molecule has 0 saturated carbocycles. The van der Waals surface area contributed by atoms with Crippen molar-refractivity contribution in [2.24, 2.45) is 0 Å². The van der Waals surface area contributed by atoms with Crippen LogP contribution in [0.2, 0.25) is 0 Å². The monoisotopic (exact) mass is 271 g/mol. The van der Waals surface area contributed by atoms with Crippen molar-refractivity contribution in [3.63, 3.8) is 0 Å². The Morgan fingerprint density at radius 3 is 3.10 bits per heavy atom. The number of ether oxygens (including phenoxy) is 1. The van der Waals surface area contributed by atoms with Crippen molar-refractivity contribution in [3.8, 4) is 0 Å². The van der Waals surface area contributed by atoms with E-state index < -0.39 is 0 Å². The van der Waals surface area contributed by atoms with Crippen LogP contribution in [0.25, 0.3) is 0 Å². The van der Waals surface area contributed by atoms with E-state index >= 15 is 0 Å². The van der Waals surface area contributed by atoms with Gasteiger partial charge in [0, 0.05) is 18.2 Å². The van der Waals surface area contributed by atoms with Crippen LogP contribution in [0.4, 0.5) is 4.79 Å². The Morgan fingerprint density at radius 2 is 2.25 bits per heavy atom. The minimum absolute atomic E-state index is 0.117. The predicted molar refractivity (Wildman–Crippen MR) is 74.2 cm³/mol. The zero-order chi connectivity index (χ0) is 13.8. The third kappa shape index (κ3) is 2.99.